The summed E-state index contributed by atoms with van der Waals surface area (Å²) < 4.78 is 43.9. The van der Waals surface area contributed by atoms with E-state index in [1.807, 2.05) is 18.2 Å². The van der Waals surface area contributed by atoms with E-state index < -0.39 is 17.5 Å². The summed E-state index contributed by atoms with van der Waals surface area (Å²) in [5.74, 6) is -1.89. The molecule has 1 aliphatic rings. The van der Waals surface area contributed by atoms with Crippen molar-refractivity contribution in [3.63, 3.8) is 0 Å². The predicted octanol–water partition coefficient (Wildman–Crippen LogP) is 8.49. The quantitative estimate of drug-likeness (QED) is 0.418. The zero-order valence-corrected chi connectivity index (χ0v) is 16.6. The van der Waals surface area contributed by atoms with E-state index in [1.165, 1.54) is 37.8 Å². The van der Waals surface area contributed by atoms with Gasteiger partial charge in [-0.25, -0.2) is 13.2 Å². The second-order valence-electron chi connectivity index (χ2n) is 7.94. The summed E-state index contributed by atoms with van der Waals surface area (Å²) >= 11 is 0. The fourth-order valence-electron chi connectivity index (χ4n) is 4.21. The molecule has 2 aromatic rings. The highest BCUT2D eigenvalue weighted by atomic mass is 19.2. The third-order valence-corrected chi connectivity index (χ3v) is 5.94. The Kier molecular flexibility index (Phi) is 7.36. The summed E-state index contributed by atoms with van der Waals surface area (Å²) in [5.41, 5.74) is 1.10. The molecular formula is C25H29F3. The van der Waals surface area contributed by atoms with Crippen molar-refractivity contribution in [1.82, 2.24) is 0 Å². The van der Waals surface area contributed by atoms with Gasteiger partial charge in [0, 0.05) is 17.0 Å². The first kappa shape index (κ1) is 20.7. The SMILES string of the molecule is CCCCCC1CCC(/C(F)=C(\F)c2ccc(-c3ccccc3)c(F)c2)CC1. The van der Waals surface area contributed by atoms with Gasteiger partial charge in [0.2, 0.25) is 0 Å². The lowest BCUT2D eigenvalue weighted by Gasteiger charge is -2.27. The Morgan fingerprint density at radius 2 is 1.64 bits per heavy atom. The highest BCUT2D eigenvalue weighted by Gasteiger charge is 2.27. The Hall–Kier alpha value is -2.03. The van der Waals surface area contributed by atoms with E-state index in [2.05, 4.69) is 6.92 Å². The second kappa shape index (κ2) is 9.95. The van der Waals surface area contributed by atoms with E-state index in [1.54, 1.807) is 12.1 Å². The Morgan fingerprint density at radius 1 is 0.929 bits per heavy atom. The molecule has 150 valence electrons. The van der Waals surface area contributed by atoms with Crippen LogP contribution in [0.25, 0.3) is 17.0 Å². The van der Waals surface area contributed by atoms with Crippen LogP contribution in [0.4, 0.5) is 13.2 Å². The van der Waals surface area contributed by atoms with Crippen molar-refractivity contribution in [2.45, 2.75) is 58.3 Å². The number of hydrogen-bond donors (Lipinski definition) is 0. The summed E-state index contributed by atoms with van der Waals surface area (Å²) in [6, 6.07) is 13.2. The van der Waals surface area contributed by atoms with Crippen LogP contribution < -0.4 is 0 Å². The minimum absolute atomic E-state index is 0.0141. The van der Waals surface area contributed by atoms with Gasteiger partial charge in [0.15, 0.2) is 5.83 Å². The number of halogens is 3. The minimum Gasteiger partial charge on any atom is -0.208 e. The molecule has 0 nitrogen and oxygen atoms in total. The van der Waals surface area contributed by atoms with E-state index in [0.29, 0.717) is 24.3 Å². The largest absolute Gasteiger partial charge is 0.208 e. The fourth-order valence-corrected chi connectivity index (χ4v) is 4.21. The average Bonchev–Trinajstić information content (AvgIpc) is 2.74. The number of allylic oxidation sites excluding steroid dienone is 1. The highest BCUT2D eigenvalue weighted by molar-refractivity contribution is 5.69. The standard InChI is InChI=1S/C25H29F3/c1-2-3-5-8-18-11-13-20(14-12-18)24(27)25(28)21-15-16-22(23(26)17-21)19-9-6-4-7-10-19/h4,6-7,9-10,15-18,20H,2-3,5,8,11-14H2,1H3/b25-24+. The van der Waals surface area contributed by atoms with Gasteiger partial charge in [0.25, 0.3) is 0 Å². The molecule has 0 spiro atoms. The zero-order valence-electron chi connectivity index (χ0n) is 16.6. The molecule has 2 aromatic carbocycles. The molecule has 0 amide bonds. The van der Waals surface area contributed by atoms with Crippen LogP contribution >= 0.6 is 0 Å². The van der Waals surface area contributed by atoms with E-state index in [9.17, 15) is 13.2 Å². The van der Waals surface area contributed by atoms with Crippen LogP contribution in [0.15, 0.2) is 54.4 Å². The van der Waals surface area contributed by atoms with Crippen molar-refractivity contribution < 1.29 is 13.2 Å². The molecule has 1 saturated carbocycles. The average molecular weight is 387 g/mol. The van der Waals surface area contributed by atoms with Crippen molar-refractivity contribution in [3.05, 3.63) is 65.7 Å². The lowest BCUT2D eigenvalue weighted by molar-refractivity contribution is 0.258. The van der Waals surface area contributed by atoms with Crippen LogP contribution in [0.2, 0.25) is 0 Å². The maximum Gasteiger partial charge on any atom is 0.162 e. The van der Waals surface area contributed by atoms with E-state index in [0.717, 1.165) is 24.5 Å². The van der Waals surface area contributed by atoms with Crippen LogP contribution in [0, 0.1) is 17.7 Å². The molecule has 1 aliphatic carbocycles. The third-order valence-electron chi connectivity index (χ3n) is 5.94. The number of hydrogen-bond acceptors (Lipinski definition) is 0. The van der Waals surface area contributed by atoms with Crippen molar-refractivity contribution in [2.75, 3.05) is 0 Å². The van der Waals surface area contributed by atoms with Crippen LogP contribution in [0.5, 0.6) is 0 Å². The van der Waals surface area contributed by atoms with Crippen molar-refractivity contribution in [3.8, 4) is 11.1 Å². The van der Waals surface area contributed by atoms with Gasteiger partial charge in [-0.3, -0.25) is 0 Å². The second-order valence-corrected chi connectivity index (χ2v) is 7.94. The molecular weight excluding hydrogens is 357 g/mol. The van der Waals surface area contributed by atoms with Gasteiger partial charge >= 0.3 is 0 Å². The van der Waals surface area contributed by atoms with E-state index in [-0.39, 0.29) is 11.5 Å². The molecule has 0 bridgehead atoms. The highest BCUT2D eigenvalue weighted by Crippen LogP contribution is 2.39. The van der Waals surface area contributed by atoms with Gasteiger partial charge in [-0.2, -0.15) is 0 Å². The fraction of sp³-hybridized carbons (Fsp3) is 0.440. The van der Waals surface area contributed by atoms with Crippen LogP contribution in [-0.4, -0.2) is 0 Å². The Bertz CT molecular complexity index is 787. The van der Waals surface area contributed by atoms with Gasteiger partial charge in [-0.1, -0.05) is 75.1 Å². The lowest BCUT2D eigenvalue weighted by atomic mass is 9.79. The molecule has 0 atom stereocenters. The molecule has 3 rings (SSSR count). The van der Waals surface area contributed by atoms with E-state index >= 15 is 0 Å². The zero-order chi connectivity index (χ0) is 19.9. The summed E-state index contributed by atoms with van der Waals surface area (Å²) in [5, 5.41) is 0. The molecule has 0 radical (unpaired) electrons. The maximum atomic E-state index is 14.7. The number of benzene rings is 2. The summed E-state index contributed by atoms with van der Waals surface area (Å²) in [6.45, 7) is 2.19. The van der Waals surface area contributed by atoms with Crippen molar-refractivity contribution in [2.24, 2.45) is 11.8 Å². The smallest absolute Gasteiger partial charge is 0.162 e. The van der Waals surface area contributed by atoms with E-state index in [4.69, 9.17) is 0 Å². The number of unbranched alkanes of at least 4 members (excludes halogenated alkanes) is 2. The molecule has 0 heterocycles. The molecule has 0 aliphatic heterocycles. The first-order chi connectivity index (χ1) is 13.6. The summed E-state index contributed by atoms with van der Waals surface area (Å²) in [6.07, 6.45) is 8.14. The van der Waals surface area contributed by atoms with Crippen LogP contribution in [0.3, 0.4) is 0 Å². The molecule has 28 heavy (non-hydrogen) atoms. The topological polar surface area (TPSA) is 0 Å². The molecule has 1 fully saturated rings. The van der Waals surface area contributed by atoms with Gasteiger partial charge in [-0.15, -0.1) is 0 Å². The van der Waals surface area contributed by atoms with Crippen molar-refractivity contribution >= 4 is 5.83 Å². The van der Waals surface area contributed by atoms with Gasteiger partial charge in [0.1, 0.15) is 11.6 Å². The Balaban J connectivity index is 1.68. The van der Waals surface area contributed by atoms with Crippen LogP contribution in [0.1, 0.15) is 63.9 Å². The minimum atomic E-state index is -0.909. The predicted molar refractivity (Wildman–Crippen MR) is 111 cm³/mol. The Labute approximate surface area is 166 Å². The normalized spacial score (nSPS) is 20.7. The number of rotatable bonds is 7. The van der Waals surface area contributed by atoms with Crippen LogP contribution in [-0.2, 0) is 0 Å². The molecule has 0 unspecified atom stereocenters. The molecule has 0 aromatic heterocycles. The summed E-state index contributed by atoms with van der Waals surface area (Å²) in [4.78, 5) is 0. The maximum absolute atomic E-state index is 14.7. The first-order valence-corrected chi connectivity index (χ1v) is 10.5. The molecule has 0 saturated heterocycles. The molecule has 3 heteroatoms. The lowest BCUT2D eigenvalue weighted by Crippen LogP contribution is -2.15. The Morgan fingerprint density at radius 3 is 2.29 bits per heavy atom. The monoisotopic (exact) mass is 386 g/mol. The first-order valence-electron chi connectivity index (χ1n) is 10.5. The molecule has 0 N–H and O–H groups in total. The van der Waals surface area contributed by atoms with Gasteiger partial charge < -0.3 is 0 Å². The third kappa shape index (κ3) is 5.06. The van der Waals surface area contributed by atoms with Crippen molar-refractivity contribution in [1.29, 1.82) is 0 Å². The van der Waals surface area contributed by atoms with Gasteiger partial charge in [-0.05, 0) is 43.2 Å². The van der Waals surface area contributed by atoms with Gasteiger partial charge in [0.05, 0.1) is 0 Å². The summed E-state index contributed by atoms with van der Waals surface area (Å²) in [7, 11) is 0.